The van der Waals surface area contributed by atoms with Crippen LogP contribution in [0, 0.1) is 5.82 Å². The molecule has 2 aromatic rings. The summed E-state index contributed by atoms with van der Waals surface area (Å²) in [6, 6.07) is 15.6. The molecule has 0 bridgehead atoms. The fraction of sp³-hybridized carbons (Fsp3) is 0.364. The van der Waals surface area contributed by atoms with E-state index in [4.69, 9.17) is 4.74 Å². The Morgan fingerprint density at radius 3 is 2.40 bits per heavy atom. The summed E-state index contributed by atoms with van der Waals surface area (Å²) in [4.78, 5) is 16.4. The summed E-state index contributed by atoms with van der Waals surface area (Å²) < 4.78 is 18.5. The quantitative estimate of drug-likeness (QED) is 0.181. The van der Waals surface area contributed by atoms with Crippen molar-refractivity contribution in [3.63, 3.8) is 0 Å². The molecule has 0 aliphatic rings. The standard InChI is InChI=1S/C22H29FN4O2.HI/c1-2-24-22(26-13-6-16-29-20-7-4-3-5-8-20)27-15-14-25-21(28)17-18-9-11-19(23)12-10-18;/h3-5,7-12H,2,6,13-17H2,1H3,(H,25,28)(H2,24,26,27);1H. The number of nitrogens with one attached hydrogen (secondary N) is 3. The number of benzene rings is 2. The molecular weight excluding hydrogens is 498 g/mol. The van der Waals surface area contributed by atoms with Gasteiger partial charge in [0.05, 0.1) is 13.0 Å². The second kappa shape index (κ2) is 15.5. The number of guanidine groups is 1. The van der Waals surface area contributed by atoms with Crippen LogP contribution >= 0.6 is 24.0 Å². The monoisotopic (exact) mass is 528 g/mol. The van der Waals surface area contributed by atoms with Crippen LogP contribution in [-0.4, -0.2) is 44.7 Å². The molecule has 0 saturated carbocycles. The Balaban J connectivity index is 0.00000450. The van der Waals surface area contributed by atoms with Crippen LogP contribution in [0.1, 0.15) is 18.9 Å². The van der Waals surface area contributed by atoms with E-state index in [0.29, 0.717) is 32.2 Å². The molecule has 0 aromatic heterocycles. The Hall–Kier alpha value is -2.36. The maximum atomic E-state index is 12.9. The van der Waals surface area contributed by atoms with E-state index in [-0.39, 0.29) is 42.1 Å². The van der Waals surface area contributed by atoms with Gasteiger partial charge in [0, 0.05) is 32.6 Å². The summed E-state index contributed by atoms with van der Waals surface area (Å²) in [5.74, 6) is 1.16. The first-order valence-corrected chi connectivity index (χ1v) is 9.88. The first-order valence-electron chi connectivity index (χ1n) is 9.88. The Kier molecular flexibility index (Phi) is 13.2. The third kappa shape index (κ3) is 11.0. The lowest BCUT2D eigenvalue weighted by atomic mass is 10.1. The second-order valence-corrected chi connectivity index (χ2v) is 6.36. The van der Waals surface area contributed by atoms with Crippen LogP contribution in [0.3, 0.4) is 0 Å². The van der Waals surface area contributed by atoms with E-state index in [1.54, 1.807) is 12.1 Å². The molecule has 0 fully saturated rings. The topological polar surface area (TPSA) is 74.8 Å². The van der Waals surface area contributed by atoms with Crippen molar-refractivity contribution in [1.82, 2.24) is 16.0 Å². The van der Waals surface area contributed by atoms with E-state index in [1.807, 2.05) is 37.3 Å². The summed E-state index contributed by atoms with van der Waals surface area (Å²) in [6.07, 6.45) is 1.04. The lowest BCUT2D eigenvalue weighted by Gasteiger charge is -2.12. The minimum Gasteiger partial charge on any atom is -0.494 e. The van der Waals surface area contributed by atoms with Gasteiger partial charge < -0.3 is 20.7 Å². The van der Waals surface area contributed by atoms with Crippen molar-refractivity contribution < 1.29 is 13.9 Å². The van der Waals surface area contributed by atoms with Gasteiger partial charge >= 0.3 is 0 Å². The highest BCUT2D eigenvalue weighted by Crippen LogP contribution is 2.08. The lowest BCUT2D eigenvalue weighted by molar-refractivity contribution is -0.120. The molecule has 0 aliphatic heterocycles. The number of amides is 1. The van der Waals surface area contributed by atoms with Crippen molar-refractivity contribution in [1.29, 1.82) is 0 Å². The molecule has 164 valence electrons. The van der Waals surface area contributed by atoms with E-state index >= 15 is 0 Å². The SMILES string of the molecule is CCNC(=NCCCOc1ccccc1)NCCNC(=O)Cc1ccc(F)cc1.I. The highest BCUT2D eigenvalue weighted by Gasteiger charge is 2.03. The third-order valence-electron chi connectivity index (χ3n) is 3.95. The van der Waals surface area contributed by atoms with Gasteiger partial charge in [-0.1, -0.05) is 30.3 Å². The number of halogens is 2. The number of rotatable bonds is 11. The van der Waals surface area contributed by atoms with Gasteiger partial charge in [-0.15, -0.1) is 24.0 Å². The lowest BCUT2D eigenvalue weighted by Crippen LogP contribution is -2.41. The molecule has 0 atom stereocenters. The number of carbonyl (C=O) groups excluding carboxylic acids is 1. The molecule has 0 heterocycles. The largest absolute Gasteiger partial charge is 0.494 e. The Labute approximate surface area is 194 Å². The van der Waals surface area contributed by atoms with Crippen LogP contribution in [0.15, 0.2) is 59.6 Å². The molecular formula is C22H30FIN4O2. The van der Waals surface area contributed by atoms with Gasteiger partial charge in [0.25, 0.3) is 0 Å². The number of hydrogen-bond acceptors (Lipinski definition) is 3. The third-order valence-corrected chi connectivity index (χ3v) is 3.95. The fourth-order valence-electron chi connectivity index (χ4n) is 2.54. The first kappa shape index (κ1) is 25.7. The molecule has 2 aromatic carbocycles. The van der Waals surface area contributed by atoms with Crippen molar-refractivity contribution in [2.75, 3.05) is 32.8 Å². The first-order chi connectivity index (χ1) is 14.2. The molecule has 0 aliphatic carbocycles. The number of carbonyl (C=O) groups is 1. The summed E-state index contributed by atoms with van der Waals surface area (Å²) in [5.41, 5.74) is 0.782. The van der Waals surface area contributed by atoms with Gasteiger partial charge in [0.1, 0.15) is 11.6 Å². The molecule has 30 heavy (non-hydrogen) atoms. The summed E-state index contributed by atoms with van der Waals surface area (Å²) in [6.45, 7) is 5.03. The van der Waals surface area contributed by atoms with Crippen LogP contribution in [0.2, 0.25) is 0 Å². The molecule has 2 rings (SSSR count). The van der Waals surface area contributed by atoms with Crippen LogP contribution in [-0.2, 0) is 11.2 Å². The maximum Gasteiger partial charge on any atom is 0.224 e. The highest BCUT2D eigenvalue weighted by atomic mass is 127. The summed E-state index contributed by atoms with van der Waals surface area (Å²) in [5, 5.41) is 9.20. The fourth-order valence-corrected chi connectivity index (χ4v) is 2.54. The summed E-state index contributed by atoms with van der Waals surface area (Å²) >= 11 is 0. The summed E-state index contributed by atoms with van der Waals surface area (Å²) in [7, 11) is 0. The normalized spacial score (nSPS) is 10.7. The van der Waals surface area contributed by atoms with Gasteiger partial charge in [-0.3, -0.25) is 9.79 Å². The zero-order chi connectivity index (χ0) is 20.7. The van der Waals surface area contributed by atoms with Crippen LogP contribution in [0.4, 0.5) is 4.39 Å². The Morgan fingerprint density at radius 1 is 1.00 bits per heavy atom. The molecule has 0 saturated heterocycles. The van der Waals surface area contributed by atoms with Crippen molar-refractivity contribution in [2.45, 2.75) is 19.8 Å². The van der Waals surface area contributed by atoms with Crippen molar-refractivity contribution in [2.24, 2.45) is 4.99 Å². The average Bonchev–Trinajstić information content (AvgIpc) is 2.73. The van der Waals surface area contributed by atoms with E-state index in [0.717, 1.165) is 24.3 Å². The molecule has 3 N–H and O–H groups in total. The second-order valence-electron chi connectivity index (χ2n) is 6.36. The van der Waals surface area contributed by atoms with E-state index in [9.17, 15) is 9.18 Å². The molecule has 0 spiro atoms. The predicted molar refractivity (Wildman–Crippen MR) is 129 cm³/mol. The molecule has 8 heteroatoms. The van der Waals surface area contributed by atoms with Gasteiger partial charge in [-0.2, -0.15) is 0 Å². The minimum atomic E-state index is -0.305. The van der Waals surface area contributed by atoms with E-state index < -0.39 is 0 Å². The smallest absolute Gasteiger partial charge is 0.224 e. The van der Waals surface area contributed by atoms with Crippen LogP contribution in [0.25, 0.3) is 0 Å². The number of hydrogen-bond donors (Lipinski definition) is 3. The van der Waals surface area contributed by atoms with Crippen molar-refractivity contribution in [3.05, 3.63) is 66.0 Å². The van der Waals surface area contributed by atoms with Crippen LogP contribution < -0.4 is 20.7 Å². The maximum absolute atomic E-state index is 12.9. The van der Waals surface area contributed by atoms with Gasteiger partial charge in [0.2, 0.25) is 5.91 Å². The molecule has 0 unspecified atom stereocenters. The Bertz CT molecular complexity index is 757. The zero-order valence-corrected chi connectivity index (χ0v) is 19.5. The van der Waals surface area contributed by atoms with Crippen LogP contribution in [0.5, 0.6) is 5.75 Å². The van der Waals surface area contributed by atoms with Crippen molar-refractivity contribution in [3.8, 4) is 5.75 Å². The van der Waals surface area contributed by atoms with Gasteiger partial charge in [-0.25, -0.2) is 4.39 Å². The van der Waals surface area contributed by atoms with Gasteiger partial charge in [0.15, 0.2) is 5.96 Å². The number of ether oxygens (including phenoxy) is 1. The average molecular weight is 528 g/mol. The number of para-hydroxylation sites is 1. The van der Waals surface area contributed by atoms with Gasteiger partial charge in [-0.05, 0) is 36.8 Å². The highest BCUT2D eigenvalue weighted by molar-refractivity contribution is 14.0. The van der Waals surface area contributed by atoms with Crippen molar-refractivity contribution >= 4 is 35.8 Å². The van der Waals surface area contributed by atoms with E-state index in [1.165, 1.54) is 12.1 Å². The minimum absolute atomic E-state index is 0. The van der Waals surface area contributed by atoms with E-state index in [2.05, 4.69) is 20.9 Å². The number of nitrogens with zero attached hydrogens (tertiary/aromatic N) is 1. The molecule has 1 amide bonds. The predicted octanol–water partition coefficient (Wildman–Crippen LogP) is 3.13. The number of aliphatic imine (C=N–C) groups is 1. The Morgan fingerprint density at radius 2 is 1.70 bits per heavy atom. The molecule has 0 radical (unpaired) electrons. The molecule has 6 nitrogen and oxygen atoms in total. The zero-order valence-electron chi connectivity index (χ0n) is 17.2.